The number of hydrogen-bond acceptors (Lipinski definition) is 2. The van der Waals surface area contributed by atoms with Gasteiger partial charge in [-0.15, -0.1) is 0 Å². The maximum absolute atomic E-state index is 12.6. The van der Waals surface area contributed by atoms with Gasteiger partial charge in [-0.3, -0.25) is 0 Å². The SMILES string of the molecule is OC1(c2ccc(C(F)(F)F)cc2)CC2CCCC(C1)N2. The molecule has 0 saturated carbocycles. The Balaban J connectivity index is 1.84. The van der Waals surface area contributed by atoms with E-state index in [2.05, 4.69) is 5.32 Å². The van der Waals surface area contributed by atoms with E-state index in [0.29, 0.717) is 18.4 Å². The Morgan fingerprint density at radius 1 is 1.05 bits per heavy atom. The quantitative estimate of drug-likeness (QED) is 0.830. The number of halogens is 3. The van der Waals surface area contributed by atoms with Gasteiger partial charge in [0.25, 0.3) is 0 Å². The van der Waals surface area contributed by atoms with Crippen LogP contribution in [0.25, 0.3) is 0 Å². The maximum atomic E-state index is 12.6. The normalized spacial score (nSPS) is 34.0. The van der Waals surface area contributed by atoms with Gasteiger partial charge in [-0.25, -0.2) is 0 Å². The van der Waals surface area contributed by atoms with E-state index in [0.717, 1.165) is 31.4 Å². The number of alkyl halides is 3. The Morgan fingerprint density at radius 3 is 2.10 bits per heavy atom. The molecule has 0 aliphatic carbocycles. The molecule has 2 aliphatic rings. The van der Waals surface area contributed by atoms with E-state index in [1.54, 1.807) is 0 Å². The van der Waals surface area contributed by atoms with Crippen molar-refractivity contribution < 1.29 is 18.3 Å². The lowest BCUT2D eigenvalue weighted by molar-refractivity contribution is -0.137. The molecule has 2 nitrogen and oxygen atoms in total. The molecule has 3 rings (SSSR count). The minimum atomic E-state index is -4.33. The third-order valence-corrected chi connectivity index (χ3v) is 4.49. The minimum Gasteiger partial charge on any atom is -0.385 e. The zero-order valence-corrected chi connectivity index (χ0v) is 11.1. The second-order valence-electron chi connectivity index (χ2n) is 6.01. The average molecular weight is 285 g/mol. The van der Waals surface area contributed by atoms with Crippen molar-refractivity contribution in [2.75, 3.05) is 0 Å². The summed E-state index contributed by atoms with van der Waals surface area (Å²) < 4.78 is 37.7. The number of aliphatic hydroxyl groups is 1. The summed E-state index contributed by atoms with van der Waals surface area (Å²) in [6.45, 7) is 0. The summed E-state index contributed by atoms with van der Waals surface area (Å²) in [7, 11) is 0. The van der Waals surface area contributed by atoms with Crippen LogP contribution in [0, 0.1) is 0 Å². The van der Waals surface area contributed by atoms with E-state index in [1.165, 1.54) is 12.1 Å². The number of fused-ring (bicyclic) bond motifs is 2. The highest BCUT2D eigenvalue weighted by molar-refractivity contribution is 5.30. The maximum Gasteiger partial charge on any atom is 0.416 e. The summed E-state index contributed by atoms with van der Waals surface area (Å²) in [5.74, 6) is 0. The molecule has 2 N–H and O–H groups in total. The van der Waals surface area contributed by atoms with E-state index in [4.69, 9.17) is 0 Å². The second-order valence-corrected chi connectivity index (χ2v) is 6.01. The Morgan fingerprint density at radius 2 is 1.60 bits per heavy atom. The van der Waals surface area contributed by atoms with Crippen molar-refractivity contribution in [1.82, 2.24) is 5.32 Å². The summed E-state index contributed by atoms with van der Waals surface area (Å²) in [6.07, 6.45) is 0.0415. The van der Waals surface area contributed by atoms with Crippen LogP contribution in [-0.2, 0) is 11.8 Å². The van der Waals surface area contributed by atoms with Crippen LogP contribution < -0.4 is 5.32 Å². The van der Waals surface area contributed by atoms with Gasteiger partial charge in [-0.1, -0.05) is 18.6 Å². The molecular weight excluding hydrogens is 267 g/mol. The molecule has 2 atom stereocenters. The Bertz CT molecular complexity index is 471. The molecule has 2 fully saturated rings. The number of nitrogens with one attached hydrogen (secondary N) is 1. The number of benzene rings is 1. The zero-order chi connectivity index (χ0) is 14.4. The summed E-state index contributed by atoms with van der Waals surface area (Å²) in [5, 5.41) is 14.3. The van der Waals surface area contributed by atoms with Crippen LogP contribution in [0.1, 0.15) is 43.2 Å². The molecule has 2 unspecified atom stereocenters. The van der Waals surface area contributed by atoms with E-state index < -0.39 is 17.3 Å². The summed E-state index contributed by atoms with van der Waals surface area (Å²) >= 11 is 0. The molecule has 5 heteroatoms. The van der Waals surface area contributed by atoms with Crippen molar-refractivity contribution >= 4 is 0 Å². The van der Waals surface area contributed by atoms with E-state index in [1.807, 2.05) is 0 Å². The van der Waals surface area contributed by atoms with Crippen molar-refractivity contribution in [2.24, 2.45) is 0 Å². The third-order valence-electron chi connectivity index (χ3n) is 4.49. The summed E-state index contributed by atoms with van der Waals surface area (Å²) in [4.78, 5) is 0. The zero-order valence-electron chi connectivity index (χ0n) is 11.1. The largest absolute Gasteiger partial charge is 0.416 e. The van der Waals surface area contributed by atoms with E-state index in [-0.39, 0.29) is 12.1 Å². The standard InChI is InChI=1S/C15H18F3NO/c16-15(17,18)11-6-4-10(5-7-11)14(20)8-12-2-1-3-13(9-14)19-12/h4-7,12-13,19-20H,1-3,8-9H2. The molecule has 0 aromatic heterocycles. The monoisotopic (exact) mass is 285 g/mol. The molecular formula is C15H18F3NO. The first kappa shape index (κ1) is 13.9. The van der Waals surface area contributed by atoms with Gasteiger partial charge in [0.15, 0.2) is 0 Å². The van der Waals surface area contributed by atoms with Crippen LogP contribution in [0.5, 0.6) is 0 Å². The van der Waals surface area contributed by atoms with Crippen LogP contribution in [0.15, 0.2) is 24.3 Å². The number of piperidine rings is 2. The molecule has 1 aromatic carbocycles. The molecule has 20 heavy (non-hydrogen) atoms. The fraction of sp³-hybridized carbons (Fsp3) is 0.600. The van der Waals surface area contributed by atoms with Gasteiger partial charge in [0.05, 0.1) is 11.2 Å². The second kappa shape index (κ2) is 4.74. The van der Waals surface area contributed by atoms with E-state index >= 15 is 0 Å². The summed E-state index contributed by atoms with van der Waals surface area (Å²) in [5.41, 5.74) is -1.06. The van der Waals surface area contributed by atoms with Crippen molar-refractivity contribution in [3.05, 3.63) is 35.4 Å². The molecule has 0 spiro atoms. The fourth-order valence-electron chi connectivity index (χ4n) is 3.54. The lowest BCUT2D eigenvalue weighted by Crippen LogP contribution is -2.54. The van der Waals surface area contributed by atoms with Crippen LogP contribution in [0.3, 0.4) is 0 Å². The van der Waals surface area contributed by atoms with Crippen molar-refractivity contribution in [1.29, 1.82) is 0 Å². The van der Waals surface area contributed by atoms with Gasteiger partial charge >= 0.3 is 6.18 Å². The predicted octanol–water partition coefficient (Wildman–Crippen LogP) is 3.20. The number of rotatable bonds is 1. The predicted molar refractivity (Wildman–Crippen MR) is 69.1 cm³/mol. The molecule has 2 aliphatic heterocycles. The van der Waals surface area contributed by atoms with Gasteiger partial charge < -0.3 is 10.4 Å². The molecule has 0 amide bonds. The topological polar surface area (TPSA) is 32.3 Å². The van der Waals surface area contributed by atoms with Gasteiger partial charge in [-0.2, -0.15) is 13.2 Å². The van der Waals surface area contributed by atoms with Gasteiger partial charge in [0, 0.05) is 12.1 Å². The Kier molecular flexibility index (Phi) is 3.29. The minimum absolute atomic E-state index is 0.273. The molecule has 0 radical (unpaired) electrons. The molecule has 110 valence electrons. The van der Waals surface area contributed by atoms with Crippen LogP contribution in [-0.4, -0.2) is 17.2 Å². The Hall–Kier alpha value is -1.07. The average Bonchev–Trinajstić information content (AvgIpc) is 2.37. The lowest BCUT2D eigenvalue weighted by atomic mass is 9.74. The molecule has 2 saturated heterocycles. The first-order valence-electron chi connectivity index (χ1n) is 7.03. The van der Waals surface area contributed by atoms with Crippen molar-refractivity contribution in [3.63, 3.8) is 0 Å². The van der Waals surface area contributed by atoms with E-state index in [9.17, 15) is 18.3 Å². The first-order valence-corrected chi connectivity index (χ1v) is 7.03. The van der Waals surface area contributed by atoms with Crippen LogP contribution in [0.2, 0.25) is 0 Å². The smallest absolute Gasteiger partial charge is 0.385 e. The van der Waals surface area contributed by atoms with Crippen molar-refractivity contribution in [3.8, 4) is 0 Å². The first-order chi connectivity index (χ1) is 9.37. The molecule has 2 bridgehead atoms. The van der Waals surface area contributed by atoms with Gasteiger partial charge in [-0.05, 0) is 43.4 Å². The third kappa shape index (κ3) is 2.56. The highest BCUT2D eigenvalue weighted by Crippen LogP contribution is 2.40. The highest BCUT2D eigenvalue weighted by atomic mass is 19.4. The number of hydrogen-bond donors (Lipinski definition) is 2. The van der Waals surface area contributed by atoms with Crippen molar-refractivity contribution in [2.45, 2.75) is 56.0 Å². The molecule has 2 heterocycles. The van der Waals surface area contributed by atoms with Crippen LogP contribution >= 0.6 is 0 Å². The lowest BCUT2D eigenvalue weighted by Gasteiger charge is -2.45. The fourth-order valence-corrected chi connectivity index (χ4v) is 3.54. The highest BCUT2D eigenvalue weighted by Gasteiger charge is 2.42. The van der Waals surface area contributed by atoms with Gasteiger partial charge in [0.1, 0.15) is 0 Å². The van der Waals surface area contributed by atoms with Crippen LogP contribution in [0.4, 0.5) is 13.2 Å². The molecule has 1 aromatic rings. The van der Waals surface area contributed by atoms with Gasteiger partial charge in [0.2, 0.25) is 0 Å². The summed E-state index contributed by atoms with van der Waals surface area (Å²) in [6, 6.07) is 5.51. The Labute approximate surface area is 116 Å².